The molecule has 1 rings (SSSR count). The number of ether oxygens (including phenoxy) is 1. The zero-order valence-corrected chi connectivity index (χ0v) is 15.8. The first-order valence-electron chi connectivity index (χ1n) is 8.50. The summed E-state index contributed by atoms with van der Waals surface area (Å²) in [7, 11) is 1.91. The summed E-state index contributed by atoms with van der Waals surface area (Å²) in [4.78, 5) is 13.7. The van der Waals surface area contributed by atoms with E-state index in [9.17, 15) is 9.90 Å². The van der Waals surface area contributed by atoms with Crippen LogP contribution in [0.1, 0.15) is 45.9 Å². The van der Waals surface area contributed by atoms with E-state index in [1.165, 1.54) is 10.5 Å². The van der Waals surface area contributed by atoms with Crippen LogP contribution in [0.2, 0.25) is 0 Å². The lowest BCUT2D eigenvalue weighted by Gasteiger charge is -2.28. The molecular formula is C17H32N4O3. The summed E-state index contributed by atoms with van der Waals surface area (Å²) >= 11 is 0. The summed E-state index contributed by atoms with van der Waals surface area (Å²) in [5, 5.41) is 17.3. The van der Waals surface area contributed by atoms with Crippen LogP contribution in [0.25, 0.3) is 0 Å². The zero-order chi connectivity index (χ0) is 18.3. The fraction of sp³-hybridized carbons (Fsp3) is 0.765. The van der Waals surface area contributed by atoms with Crippen molar-refractivity contribution >= 4 is 6.09 Å². The fourth-order valence-electron chi connectivity index (χ4n) is 2.37. The Morgan fingerprint density at radius 2 is 2.17 bits per heavy atom. The van der Waals surface area contributed by atoms with Crippen molar-refractivity contribution in [3.05, 3.63) is 17.5 Å². The number of carbonyl (C=O) groups is 1. The molecule has 1 aromatic heterocycles. The largest absolute Gasteiger partial charge is 0.444 e. The molecule has 0 aliphatic carbocycles. The Morgan fingerprint density at radius 3 is 2.71 bits per heavy atom. The molecule has 0 fully saturated rings. The summed E-state index contributed by atoms with van der Waals surface area (Å²) in [6.07, 6.45) is 1.90. The third-order valence-corrected chi connectivity index (χ3v) is 3.34. The predicted octanol–water partition coefficient (Wildman–Crippen LogP) is 1.69. The molecule has 2 N–H and O–H groups in total. The SMILES string of the molecule is CCc1nn(C)cc1CNCCN(CC(C)O)C(=O)OC(C)(C)C. The number of hydrogen-bond donors (Lipinski definition) is 2. The number of aliphatic hydroxyl groups is 1. The number of aromatic nitrogens is 2. The Kier molecular flexibility index (Phi) is 7.69. The minimum absolute atomic E-state index is 0.254. The molecule has 138 valence electrons. The zero-order valence-electron chi connectivity index (χ0n) is 15.8. The molecule has 1 unspecified atom stereocenters. The second-order valence-corrected chi connectivity index (χ2v) is 7.08. The highest BCUT2D eigenvalue weighted by molar-refractivity contribution is 5.68. The highest BCUT2D eigenvalue weighted by atomic mass is 16.6. The van der Waals surface area contributed by atoms with E-state index in [1.807, 2.05) is 38.7 Å². The molecule has 7 nitrogen and oxygen atoms in total. The summed E-state index contributed by atoms with van der Waals surface area (Å²) < 4.78 is 7.21. The van der Waals surface area contributed by atoms with Crippen molar-refractivity contribution in [3.8, 4) is 0 Å². The Labute approximate surface area is 145 Å². The molecular weight excluding hydrogens is 308 g/mol. The van der Waals surface area contributed by atoms with Gasteiger partial charge >= 0.3 is 6.09 Å². The van der Waals surface area contributed by atoms with Crippen molar-refractivity contribution in [1.29, 1.82) is 0 Å². The second-order valence-electron chi connectivity index (χ2n) is 7.08. The van der Waals surface area contributed by atoms with Gasteiger partial charge in [0, 0.05) is 45.0 Å². The van der Waals surface area contributed by atoms with Gasteiger partial charge < -0.3 is 20.1 Å². The van der Waals surface area contributed by atoms with E-state index in [0.717, 1.165) is 12.1 Å². The smallest absolute Gasteiger partial charge is 0.410 e. The normalized spacial score (nSPS) is 13.0. The highest BCUT2D eigenvalue weighted by Crippen LogP contribution is 2.10. The maximum absolute atomic E-state index is 12.2. The standard InChI is InChI=1S/C17H32N4O3/c1-7-15-14(12-20(6)19-15)10-18-8-9-21(11-13(2)22)16(23)24-17(3,4)5/h12-13,18,22H,7-11H2,1-6H3. The number of rotatable bonds is 8. The second kappa shape index (κ2) is 9.03. The minimum Gasteiger partial charge on any atom is -0.444 e. The summed E-state index contributed by atoms with van der Waals surface area (Å²) in [6, 6.07) is 0. The van der Waals surface area contributed by atoms with Gasteiger partial charge in [0.1, 0.15) is 5.60 Å². The molecule has 1 amide bonds. The lowest BCUT2D eigenvalue weighted by atomic mass is 10.2. The van der Waals surface area contributed by atoms with Gasteiger partial charge in [-0.25, -0.2) is 4.79 Å². The molecule has 0 aliphatic heterocycles. The molecule has 0 radical (unpaired) electrons. The van der Waals surface area contributed by atoms with E-state index >= 15 is 0 Å². The van der Waals surface area contributed by atoms with Gasteiger partial charge in [-0.05, 0) is 34.1 Å². The van der Waals surface area contributed by atoms with Gasteiger partial charge in [0.2, 0.25) is 0 Å². The van der Waals surface area contributed by atoms with Crippen LogP contribution in [0.5, 0.6) is 0 Å². The van der Waals surface area contributed by atoms with Gasteiger partial charge in [-0.1, -0.05) is 6.92 Å². The number of amides is 1. The van der Waals surface area contributed by atoms with E-state index in [1.54, 1.807) is 6.92 Å². The first-order chi connectivity index (χ1) is 11.1. The minimum atomic E-state index is -0.595. The van der Waals surface area contributed by atoms with Crippen LogP contribution in [0.15, 0.2) is 6.20 Å². The molecule has 1 atom stereocenters. The van der Waals surface area contributed by atoms with E-state index in [4.69, 9.17) is 4.74 Å². The van der Waals surface area contributed by atoms with Crippen LogP contribution < -0.4 is 5.32 Å². The Bertz CT molecular complexity index is 520. The highest BCUT2D eigenvalue weighted by Gasteiger charge is 2.22. The maximum atomic E-state index is 12.2. The van der Waals surface area contributed by atoms with Gasteiger partial charge in [-0.2, -0.15) is 5.10 Å². The van der Waals surface area contributed by atoms with Crippen molar-refractivity contribution in [1.82, 2.24) is 20.0 Å². The first kappa shape index (κ1) is 20.4. The van der Waals surface area contributed by atoms with Crippen LogP contribution in [0.4, 0.5) is 4.79 Å². The lowest BCUT2D eigenvalue weighted by molar-refractivity contribution is 0.0164. The molecule has 0 spiro atoms. The van der Waals surface area contributed by atoms with Crippen LogP contribution in [0.3, 0.4) is 0 Å². The molecule has 1 aromatic rings. The van der Waals surface area contributed by atoms with Crippen LogP contribution in [0, 0.1) is 0 Å². The molecule has 0 aliphatic rings. The van der Waals surface area contributed by atoms with E-state index in [0.29, 0.717) is 19.6 Å². The molecule has 0 aromatic carbocycles. The Balaban J connectivity index is 2.51. The molecule has 1 heterocycles. The van der Waals surface area contributed by atoms with Crippen molar-refractivity contribution in [2.24, 2.45) is 7.05 Å². The van der Waals surface area contributed by atoms with Gasteiger partial charge in [0.05, 0.1) is 11.8 Å². The Hall–Kier alpha value is -1.60. The van der Waals surface area contributed by atoms with E-state index in [2.05, 4.69) is 17.3 Å². The monoisotopic (exact) mass is 340 g/mol. The lowest BCUT2D eigenvalue weighted by Crippen LogP contribution is -2.43. The number of hydrogen-bond acceptors (Lipinski definition) is 5. The molecule has 0 bridgehead atoms. The number of aryl methyl sites for hydroxylation is 2. The number of nitrogens with one attached hydrogen (secondary N) is 1. The van der Waals surface area contributed by atoms with Gasteiger partial charge in [0.15, 0.2) is 0 Å². The van der Waals surface area contributed by atoms with E-state index in [-0.39, 0.29) is 6.54 Å². The first-order valence-corrected chi connectivity index (χ1v) is 8.50. The van der Waals surface area contributed by atoms with Crippen molar-refractivity contribution in [2.75, 3.05) is 19.6 Å². The summed E-state index contributed by atoms with van der Waals surface area (Å²) in [6.45, 7) is 11.3. The third-order valence-electron chi connectivity index (χ3n) is 3.34. The number of carbonyl (C=O) groups excluding carboxylic acids is 1. The average molecular weight is 340 g/mol. The molecule has 0 saturated carbocycles. The van der Waals surface area contributed by atoms with E-state index < -0.39 is 17.8 Å². The van der Waals surface area contributed by atoms with Crippen LogP contribution >= 0.6 is 0 Å². The van der Waals surface area contributed by atoms with Gasteiger partial charge in [-0.3, -0.25) is 4.68 Å². The topological polar surface area (TPSA) is 79.6 Å². The fourth-order valence-corrected chi connectivity index (χ4v) is 2.37. The van der Waals surface area contributed by atoms with Gasteiger partial charge in [-0.15, -0.1) is 0 Å². The van der Waals surface area contributed by atoms with Crippen LogP contribution in [-0.4, -0.2) is 57.2 Å². The van der Waals surface area contributed by atoms with Crippen molar-refractivity contribution in [3.63, 3.8) is 0 Å². The summed E-state index contributed by atoms with van der Waals surface area (Å²) in [5.41, 5.74) is 1.70. The molecule has 24 heavy (non-hydrogen) atoms. The maximum Gasteiger partial charge on any atom is 0.410 e. The van der Waals surface area contributed by atoms with Crippen molar-refractivity contribution < 1.29 is 14.6 Å². The predicted molar refractivity (Wildman–Crippen MR) is 93.8 cm³/mol. The molecule has 7 heteroatoms. The quantitative estimate of drug-likeness (QED) is 0.704. The molecule has 0 saturated heterocycles. The van der Waals surface area contributed by atoms with Gasteiger partial charge in [0.25, 0.3) is 0 Å². The third kappa shape index (κ3) is 7.31. The van der Waals surface area contributed by atoms with Crippen molar-refractivity contribution in [2.45, 2.75) is 59.3 Å². The summed E-state index contributed by atoms with van der Waals surface area (Å²) in [5.74, 6) is 0. The Morgan fingerprint density at radius 1 is 1.50 bits per heavy atom. The number of nitrogens with zero attached hydrogens (tertiary/aromatic N) is 3. The number of aliphatic hydroxyl groups excluding tert-OH is 1. The van der Waals surface area contributed by atoms with Crippen LogP contribution in [-0.2, 0) is 24.8 Å². The average Bonchev–Trinajstić information content (AvgIpc) is 2.80.